The molecule has 0 saturated heterocycles. The van der Waals surface area contributed by atoms with Crippen LogP contribution in [0, 0.1) is 0 Å². The number of ether oxygens (including phenoxy) is 4. The molecule has 1 heterocycles. The molecular formula is C21H21F3N2O7. The van der Waals surface area contributed by atoms with Crippen molar-refractivity contribution in [3.63, 3.8) is 0 Å². The van der Waals surface area contributed by atoms with Gasteiger partial charge < -0.3 is 24.3 Å². The molecule has 1 unspecified atom stereocenters. The van der Waals surface area contributed by atoms with Crippen LogP contribution in [0.3, 0.4) is 0 Å². The first kappa shape index (κ1) is 25.4. The average Bonchev–Trinajstić information content (AvgIpc) is 2.72. The van der Waals surface area contributed by atoms with Crippen LogP contribution in [0.2, 0.25) is 0 Å². The van der Waals surface area contributed by atoms with Crippen LogP contribution in [0.15, 0.2) is 36.5 Å². The zero-order valence-corrected chi connectivity index (χ0v) is 17.9. The minimum absolute atomic E-state index is 0.105. The largest absolute Gasteiger partial charge is 0.573 e. The van der Waals surface area contributed by atoms with Gasteiger partial charge in [-0.15, -0.1) is 13.2 Å². The van der Waals surface area contributed by atoms with Crippen molar-refractivity contribution in [1.82, 2.24) is 10.3 Å². The third kappa shape index (κ3) is 8.31. The first-order valence-electron chi connectivity index (χ1n) is 9.52. The van der Waals surface area contributed by atoms with E-state index in [0.29, 0.717) is 5.56 Å². The molecule has 0 spiro atoms. The van der Waals surface area contributed by atoms with Crippen molar-refractivity contribution < 1.29 is 46.5 Å². The van der Waals surface area contributed by atoms with Crippen LogP contribution in [-0.2, 0) is 20.7 Å². The number of pyridine rings is 1. The van der Waals surface area contributed by atoms with Crippen LogP contribution in [-0.4, -0.2) is 49.0 Å². The highest BCUT2D eigenvalue weighted by Gasteiger charge is 2.31. The molecule has 0 aliphatic rings. The van der Waals surface area contributed by atoms with Gasteiger partial charge in [-0.05, 0) is 24.6 Å². The molecule has 178 valence electrons. The number of aromatic nitrogens is 1. The molecule has 9 nitrogen and oxygen atoms in total. The lowest BCUT2D eigenvalue weighted by molar-refractivity contribution is -0.274. The molecule has 0 aliphatic carbocycles. The second-order valence-electron chi connectivity index (χ2n) is 6.66. The predicted molar refractivity (Wildman–Crippen MR) is 107 cm³/mol. The van der Waals surface area contributed by atoms with Crippen molar-refractivity contribution in [1.29, 1.82) is 0 Å². The Labute approximate surface area is 186 Å². The monoisotopic (exact) mass is 470 g/mol. The Morgan fingerprint density at radius 3 is 2.36 bits per heavy atom. The summed E-state index contributed by atoms with van der Waals surface area (Å²) in [5, 5.41) is 2.32. The number of carbonyl (C=O) groups is 3. The fourth-order valence-electron chi connectivity index (χ4n) is 2.70. The van der Waals surface area contributed by atoms with Gasteiger partial charge in [-0.1, -0.05) is 12.1 Å². The molecule has 0 radical (unpaired) electrons. The van der Waals surface area contributed by atoms with Gasteiger partial charge in [-0.25, -0.2) is 4.98 Å². The SMILES string of the molecule is COc1ccnc(C(=O)NCC(=O)OC(C)Cc2ccc(OC(F)(F)F)cc2)c1OC(C)=O. The molecule has 0 fully saturated rings. The number of alkyl halides is 3. The summed E-state index contributed by atoms with van der Waals surface area (Å²) in [6, 6.07) is 6.53. The molecule has 0 saturated carbocycles. The van der Waals surface area contributed by atoms with E-state index >= 15 is 0 Å². The van der Waals surface area contributed by atoms with Crippen molar-refractivity contribution in [3.05, 3.63) is 47.8 Å². The van der Waals surface area contributed by atoms with Gasteiger partial charge in [0.1, 0.15) is 18.4 Å². The number of hydrogen-bond donors (Lipinski definition) is 1. The summed E-state index contributed by atoms with van der Waals surface area (Å²) < 4.78 is 55.6. The smallest absolute Gasteiger partial charge is 0.493 e. The van der Waals surface area contributed by atoms with E-state index in [0.717, 1.165) is 19.1 Å². The number of carbonyl (C=O) groups excluding carboxylic acids is 3. The highest BCUT2D eigenvalue weighted by atomic mass is 19.4. The number of nitrogens with one attached hydrogen (secondary N) is 1. The third-order valence-corrected chi connectivity index (χ3v) is 3.96. The Balaban J connectivity index is 1.90. The lowest BCUT2D eigenvalue weighted by atomic mass is 10.1. The molecule has 1 aromatic heterocycles. The van der Waals surface area contributed by atoms with Crippen LogP contribution in [0.25, 0.3) is 0 Å². The van der Waals surface area contributed by atoms with Gasteiger partial charge in [0.15, 0.2) is 11.4 Å². The molecular weight excluding hydrogens is 449 g/mol. The number of methoxy groups -OCH3 is 1. The molecule has 33 heavy (non-hydrogen) atoms. The van der Waals surface area contributed by atoms with Gasteiger partial charge in [-0.2, -0.15) is 0 Å². The van der Waals surface area contributed by atoms with Crippen LogP contribution in [0.1, 0.15) is 29.9 Å². The third-order valence-electron chi connectivity index (χ3n) is 3.96. The molecule has 1 N–H and O–H groups in total. The van der Waals surface area contributed by atoms with Gasteiger partial charge in [-0.3, -0.25) is 14.4 Å². The summed E-state index contributed by atoms with van der Waals surface area (Å²) in [7, 11) is 1.32. The summed E-state index contributed by atoms with van der Waals surface area (Å²) in [4.78, 5) is 39.6. The summed E-state index contributed by atoms with van der Waals surface area (Å²) in [5.41, 5.74) is 0.354. The Bertz CT molecular complexity index is 994. The van der Waals surface area contributed by atoms with Crippen molar-refractivity contribution in [2.75, 3.05) is 13.7 Å². The minimum atomic E-state index is -4.78. The molecule has 1 aromatic carbocycles. The van der Waals surface area contributed by atoms with Crippen LogP contribution in [0.4, 0.5) is 13.2 Å². The predicted octanol–water partition coefficient (Wildman–Crippen LogP) is 2.82. The minimum Gasteiger partial charge on any atom is -0.493 e. The fraction of sp³-hybridized carbons (Fsp3) is 0.333. The number of halogens is 3. The molecule has 2 rings (SSSR count). The van der Waals surface area contributed by atoms with Gasteiger partial charge >= 0.3 is 18.3 Å². The first-order chi connectivity index (χ1) is 15.5. The maximum absolute atomic E-state index is 12.4. The summed E-state index contributed by atoms with van der Waals surface area (Å²) >= 11 is 0. The standard InChI is InChI=1S/C21H21F3N2O7/c1-12(10-14-4-6-15(7-5-14)33-21(22,23)24)31-17(28)11-26-20(29)18-19(32-13(2)27)16(30-3)8-9-25-18/h4-9,12H,10-11H2,1-3H3,(H,26,29). The van der Waals surface area contributed by atoms with Crippen LogP contribution in [0.5, 0.6) is 17.2 Å². The van der Waals surface area contributed by atoms with Crippen molar-refractivity contribution >= 4 is 17.8 Å². The zero-order chi connectivity index (χ0) is 24.6. The van der Waals surface area contributed by atoms with E-state index in [9.17, 15) is 27.6 Å². The van der Waals surface area contributed by atoms with Gasteiger partial charge in [0, 0.05) is 25.6 Å². The first-order valence-corrected chi connectivity index (χ1v) is 9.52. The number of benzene rings is 1. The van der Waals surface area contributed by atoms with Crippen molar-refractivity contribution in [3.8, 4) is 17.2 Å². The average molecular weight is 470 g/mol. The number of esters is 2. The number of hydrogen-bond acceptors (Lipinski definition) is 8. The number of nitrogens with zero attached hydrogens (tertiary/aromatic N) is 1. The Hall–Kier alpha value is -3.83. The second kappa shape index (κ2) is 11.2. The van der Waals surface area contributed by atoms with E-state index in [1.165, 1.54) is 31.5 Å². The Morgan fingerprint density at radius 1 is 1.12 bits per heavy atom. The summed E-state index contributed by atoms with van der Waals surface area (Å²) in [5.74, 6) is -2.70. The van der Waals surface area contributed by atoms with Gasteiger partial charge in [0.05, 0.1) is 7.11 Å². The quantitative estimate of drug-likeness (QED) is 0.557. The topological polar surface area (TPSA) is 113 Å². The molecule has 0 bridgehead atoms. The normalized spacial score (nSPS) is 11.8. The van der Waals surface area contributed by atoms with Crippen molar-refractivity contribution in [2.45, 2.75) is 32.7 Å². The van der Waals surface area contributed by atoms with Crippen LogP contribution >= 0.6 is 0 Å². The highest BCUT2D eigenvalue weighted by molar-refractivity contribution is 5.98. The molecule has 2 aromatic rings. The van der Waals surface area contributed by atoms with Crippen LogP contribution < -0.4 is 19.5 Å². The van der Waals surface area contributed by atoms with E-state index in [-0.39, 0.29) is 29.4 Å². The number of rotatable bonds is 9. The van der Waals surface area contributed by atoms with E-state index in [2.05, 4.69) is 15.0 Å². The maximum Gasteiger partial charge on any atom is 0.573 e. The number of amides is 1. The summed E-state index contributed by atoms with van der Waals surface area (Å²) in [6.45, 7) is 2.23. The van der Waals surface area contributed by atoms with E-state index in [1.54, 1.807) is 6.92 Å². The van der Waals surface area contributed by atoms with E-state index in [4.69, 9.17) is 14.2 Å². The lowest BCUT2D eigenvalue weighted by Crippen LogP contribution is -2.33. The van der Waals surface area contributed by atoms with Crippen molar-refractivity contribution in [2.24, 2.45) is 0 Å². The van der Waals surface area contributed by atoms with Gasteiger partial charge in [0.25, 0.3) is 5.91 Å². The highest BCUT2D eigenvalue weighted by Crippen LogP contribution is 2.29. The fourth-order valence-corrected chi connectivity index (χ4v) is 2.70. The zero-order valence-electron chi connectivity index (χ0n) is 17.9. The second-order valence-corrected chi connectivity index (χ2v) is 6.66. The Morgan fingerprint density at radius 2 is 1.79 bits per heavy atom. The molecule has 1 atom stereocenters. The van der Waals surface area contributed by atoms with E-state index < -0.39 is 36.9 Å². The van der Waals surface area contributed by atoms with Gasteiger partial charge in [0.2, 0.25) is 5.75 Å². The Kier molecular flexibility index (Phi) is 8.60. The molecule has 0 aliphatic heterocycles. The maximum atomic E-state index is 12.4. The lowest BCUT2D eigenvalue weighted by Gasteiger charge is -2.15. The summed E-state index contributed by atoms with van der Waals surface area (Å²) in [6.07, 6.45) is -3.92. The molecule has 12 heteroatoms. The van der Waals surface area contributed by atoms with E-state index in [1.807, 2.05) is 0 Å². The molecule has 1 amide bonds.